The van der Waals surface area contributed by atoms with E-state index < -0.39 is 44.8 Å². The van der Waals surface area contributed by atoms with E-state index in [9.17, 15) is 27.9 Å². The number of ether oxygens (including phenoxy) is 1. The molecule has 1 aromatic heterocycles. The van der Waals surface area contributed by atoms with Gasteiger partial charge in [0.15, 0.2) is 0 Å². The molecule has 0 spiro atoms. The van der Waals surface area contributed by atoms with E-state index in [0.717, 1.165) is 4.31 Å². The predicted molar refractivity (Wildman–Crippen MR) is 144 cm³/mol. The molecule has 2 saturated heterocycles. The lowest BCUT2D eigenvalue weighted by molar-refractivity contribution is -0.142. The second-order valence-electron chi connectivity index (χ2n) is 9.71. The molecule has 2 atom stereocenters. The van der Waals surface area contributed by atoms with Gasteiger partial charge in [-0.05, 0) is 43.7 Å². The number of nitrogens with zero attached hydrogens (tertiary/aromatic N) is 3. The average Bonchev–Trinajstić information content (AvgIpc) is 3.25. The van der Waals surface area contributed by atoms with Crippen molar-refractivity contribution >= 4 is 39.8 Å². The van der Waals surface area contributed by atoms with Crippen LogP contribution in [-0.2, 0) is 26.0 Å². The van der Waals surface area contributed by atoms with Crippen LogP contribution in [0.3, 0.4) is 0 Å². The monoisotopic (exact) mass is 577 g/mol. The summed E-state index contributed by atoms with van der Waals surface area (Å²) in [5.74, 6) is -1.61. The summed E-state index contributed by atoms with van der Waals surface area (Å²) in [6.07, 6.45) is 2.16. The van der Waals surface area contributed by atoms with Gasteiger partial charge in [-0.1, -0.05) is 12.1 Å². The van der Waals surface area contributed by atoms with Gasteiger partial charge < -0.3 is 25.4 Å². The topological polar surface area (TPSA) is 158 Å². The summed E-state index contributed by atoms with van der Waals surface area (Å²) in [6, 6.07) is 6.82. The van der Waals surface area contributed by atoms with Crippen molar-refractivity contribution in [2.75, 3.05) is 32.1 Å². The van der Waals surface area contributed by atoms with Gasteiger partial charge in [0, 0.05) is 49.7 Å². The molecular weight excluding hydrogens is 546 g/mol. The fraction of sp³-hybridized carbons (Fsp3) is 0.440. The van der Waals surface area contributed by atoms with E-state index in [1.165, 1.54) is 36.3 Å². The highest BCUT2D eigenvalue weighted by molar-refractivity contribution is 8.02. The minimum Gasteiger partial charge on any atom is -0.480 e. The molecule has 0 saturated carbocycles. The molecule has 14 heteroatoms. The zero-order chi connectivity index (χ0) is 28.2. The van der Waals surface area contributed by atoms with Crippen LogP contribution in [0.2, 0.25) is 0 Å². The number of rotatable bonds is 8. The number of aliphatic carboxylic acids is 1. The quantitative estimate of drug-likeness (QED) is 0.415. The molecular formula is C25H31N5O7S2. The molecule has 0 unspecified atom stereocenters. The van der Waals surface area contributed by atoms with Crippen LogP contribution >= 0.6 is 11.8 Å². The highest BCUT2D eigenvalue weighted by Gasteiger charge is 2.51. The van der Waals surface area contributed by atoms with Crippen LogP contribution < -0.4 is 15.4 Å². The van der Waals surface area contributed by atoms with Crippen molar-refractivity contribution in [2.24, 2.45) is 0 Å². The smallest absolute Gasteiger partial charge is 0.415 e. The Labute approximate surface area is 231 Å². The molecule has 2 amide bonds. The minimum atomic E-state index is -4.05. The Bertz CT molecular complexity index is 1300. The van der Waals surface area contributed by atoms with E-state index in [-0.39, 0.29) is 17.2 Å². The van der Waals surface area contributed by atoms with Gasteiger partial charge >= 0.3 is 12.1 Å². The standard InChI is InChI=1S/C25H31N5O7S2/c1-25(2)21(30(16-38-25)39(35,36)19-4-3-9-27-15-19)22(31)28-20(23(32)33)14-17-5-7-18(8-6-17)37-24(34)29-12-10-26-11-13-29/h3-9,15,20-21,26H,10-14,16H2,1-2H3,(H,28,31)(H,32,33)/t20-,21-/m1/s1. The number of piperazine rings is 1. The van der Waals surface area contributed by atoms with Crippen LogP contribution in [-0.4, -0.2) is 94.6 Å². The fourth-order valence-corrected chi connectivity index (χ4v) is 7.55. The van der Waals surface area contributed by atoms with E-state index in [1.807, 2.05) is 0 Å². The number of hydrogen-bond donors (Lipinski definition) is 3. The predicted octanol–water partition coefficient (Wildman–Crippen LogP) is 1.14. The Morgan fingerprint density at radius 2 is 1.90 bits per heavy atom. The van der Waals surface area contributed by atoms with E-state index in [1.54, 1.807) is 43.0 Å². The number of carboxylic acids is 1. The van der Waals surface area contributed by atoms with Crippen molar-refractivity contribution in [1.29, 1.82) is 0 Å². The third-order valence-electron chi connectivity index (χ3n) is 6.56. The second kappa shape index (κ2) is 11.9. The number of benzene rings is 1. The number of carbonyl (C=O) groups excluding carboxylic acids is 2. The normalized spacial score (nSPS) is 20.3. The Kier molecular flexibility index (Phi) is 8.79. The Balaban J connectivity index is 1.44. The number of nitrogens with one attached hydrogen (secondary N) is 2. The summed E-state index contributed by atoms with van der Waals surface area (Å²) in [6.45, 7) is 5.98. The van der Waals surface area contributed by atoms with Crippen molar-refractivity contribution < 1.29 is 32.6 Å². The summed E-state index contributed by atoms with van der Waals surface area (Å²) in [7, 11) is -4.05. The van der Waals surface area contributed by atoms with Gasteiger partial charge in [0.25, 0.3) is 0 Å². The summed E-state index contributed by atoms with van der Waals surface area (Å²) in [4.78, 5) is 43.2. The van der Waals surface area contributed by atoms with Crippen LogP contribution in [0, 0.1) is 0 Å². The maximum Gasteiger partial charge on any atom is 0.415 e. The maximum atomic E-state index is 13.4. The zero-order valence-electron chi connectivity index (χ0n) is 21.6. The molecule has 39 heavy (non-hydrogen) atoms. The Morgan fingerprint density at radius 1 is 1.21 bits per heavy atom. The van der Waals surface area contributed by atoms with Gasteiger partial charge in [0.1, 0.15) is 22.7 Å². The van der Waals surface area contributed by atoms with Gasteiger partial charge in [-0.3, -0.25) is 9.78 Å². The Morgan fingerprint density at radius 3 is 2.51 bits per heavy atom. The number of hydrogen-bond acceptors (Lipinski definition) is 9. The highest BCUT2D eigenvalue weighted by atomic mass is 32.2. The number of thioether (sulfide) groups is 1. The van der Waals surface area contributed by atoms with E-state index in [0.29, 0.717) is 37.5 Å². The lowest BCUT2D eigenvalue weighted by Gasteiger charge is -2.30. The van der Waals surface area contributed by atoms with Crippen molar-refractivity contribution in [3.63, 3.8) is 0 Å². The molecule has 2 fully saturated rings. The summed E-state index contributed by atoms with van der Waals surface area (Å²) >= 11 is 1.29. The van der Waals surface area contributed by atoms with Crippen molar-refractivity contribution in [3.05, 3.63) is 54.4 Å². The SMILES string of the molecule is CC1(C)SCN(S(=O)(=O)c2cccnc2)[C@@H]1C(=O)N[C@H](Cc1ccc(OC(=O)N2CCNCC2)cc1)C(=O)O. The van der Waals surface area contributed by atoms with Gasteiger partial charge in [-0.25, -0.2) is 18.0 Å². The van der Waals surface area contributed by atoms with Gasteiger partial charge in [0.05, 0.1) is 5.88 Å². The third kappa shape index (κ3) is 6.69. The second-order valence-corrected chi connectivity index (χ2v) is 13.2. The van der Waals surface area contributed by atoms with Crippen molar-refractivity contribution in [1.82, 2.24) is 24.8 Å². The number of carbonyl (C=O) groups is 3. The summed E-state index contributed by atoms with van der Waals surface area (Å²) in [5.41, 5.74) is 0.588. The number of sulfonamides is 1. The summed E-state index contributed by atoms with van der Waals surface area (Å²) in [5, 5.41) is 15.5. The van der Waals surface area contributed by atoms with Crippen LogP contribution in [0.15, 0.2) is 53.7 Å². The maximum absolute atomic E-state index is 13.4. The van der Waals surface area contributed by atoms with E-state index in [2.05, 4.69) is 15.6 Å². The number of aromatic nitrogens is 1. The van der Waals surface area contributed by atoms with Crippen LogP contribution in [0.25, 0.3) is 0 Å². The van der Waals surface area contributed by atoms with Gasteiger partial charge in [-0.2, -0.15) is 4.31 Å². The number of pyridine rings is 1. The molecule has 3 N–H and O–H groups in total. The Hall–Kier alpha value is -3.20. The van der Waals surface area contributed by atoms with Crippen molar-refractivity contribution in [3.8, 4) is 5.75 Å². The molecule has 4 rings (SSSR count). The highest BCUT2D eigenvalue weighted by Crippen LogP contribution is 2.42. The molecule has 0 radical (unpaired) electrons. The summed E-state index contributed by atoms with van der Waals surface area (Å²) < 4.78 is 32.3. The van der Waals surface area contributed by atoms with E-state index in [4.69, 9.17) is 4.74 Å². The fourth-order valence-electron chi connectivity index (χ4n) is 4.41. The molecule has 210 valence electrons. The molecule has 2 aromatic rings. The van der Waals surface area contributed by atoms with Crippen LogP contribution in [0.4, 0.5) is 4.79 Å². The van der Waals surface area contributed by atoms with Gasteiger partial charge in [-0.15, -0.1) is 11.8 Å². The first kappa shape index (κ1) is 28.8. The molecule has 2 aliphatic heterocycles. The van der Waals surface area contributed by atoms with Crippen molar-refractivity contribution in [2.45, 2.75) is 42.0 Å². The average molecular weight is 578 g/mol. The first-order valence-electron chi connectivity index (χ1n) is 12.3. The lowest BCUT2D eigenvalue weighted by Crippen LogP contribution is -2.56. The van der Waals surface area contributed by atoms with Crippen LogP contribution in [0.1, 0.15) is 19.4 Å². The van der Waals surface area contributed by atoms with E-state index >= 15 is 0 Å². The number of amides is 2. The molecule has 2 aliphatic rings. The third-order valence-corrected chi connectivity index (χ3v) is 9.89. The largest absolute Gasteiger partial charge is 0.480 e. The lowest BCUT2D eigenvalue weighted by atomic mass is 10.0. The first-order chi connectivity index (χ1) is 18.5. The van der Waals surface area contributed by atoms with Crippen LogP contribution in [0.5, 0.6) is 5.75 Å². The molecule has 1 aromatic carbocycles. The molecule has 0 aliphatic carbocycles. The molecule has 0 bridgehead atoms. The first-order valence-corrected chi connectivity index (χ1v) is 14.8. The molecule has 3 heterocycles. The zero-order valence-corrected chi connectivity index (χ0v) is 23.2. The molecule has 12 nitrogen and oxygen atoms in total. The minimum absolute atomic E-state index is 0.0359. The van der Waals surface area contributed by atoms with Gasteiger partial charge in [0.2, 0.25) is 15.9 Å². The number of carboxylic acid groups (broad SMARTS) is 1.